The molecule has 0 unspecified atom stereocenters. The van der Waals surface area contributed by atoms with Crippen LogP contribution in [0.25, 0.3) is 0 Å². The summed E-state index contributed by atoms with van der Waals surface area (Å²) in [5, 5.41) is 3.33. The van der Waals surface area contributed by atoms with E-state index in [9.17, 15) is 4.39 Å². The van der Waals surface area contributed by atoms with Gasteiger partial charge in [0.15, 0.2) is 0 Å². The molecule has 0 spiro atoms. The molecule has 1 fully saturated rings. The lowest BCUT2D eigenvalue weighted by Gasteiger charge is -2.06. The van der Waals surface area contributed by atoms with Gasteiger partial charge in [0.1, 0.15) is 5.82 Å². The number of halogens is 2. The summed E-state index contributed by atoms with van der Waals surface area (Å²) in [6.45, 7) is 2.82. The zero-order valence-corrected chi connectivity index (χ0v) is 9.64. The van der Waals surface area contributed by atoms with Crippen LogP contribution in [0.5, 0.6) is 0 Å². The Morgan fingerprint density at radius 1 is 1.57 bits per heavy atom. The van der Waals surface area contributed by atoms with Gasteiger partial charge in [-0.3, -0.25) is 0 Å². The van der Waals surface area contributed by atoms with Gasteiger partial charge < -0.3 is 5.32 Å². The number of nitrogens with one attached hydrogen (secondary N) is 1. The number of rotatable bonds is 3. The van der Waals surface area contributed by atoms with Gasteiger partial charge in [-0.15, -0.1) is 0 Å². The first kappa shape index (κ1) is 10.1. The van der Waals surface area contributed by atoms with E-state index in [2.05, 4.69) is 28.2 Å². The number of hydrogen-bond acceptors (Lipinski definition) is 1. The van der Waals surface area contributed by atoms with E-state index in [4.69, 9.17) is 0 Å². The van der Waals surface area contributed by atoms with Gasteiger partial charge in [0.2, 0.25) is 0 Å². The summed E-state index contributed by atoms with van der Waals surface area (Å²) in [7, 11) is 0. The predicted molar refractivity (Wildman–Crippen MR) is 58.5 cm³/mol. The molecule has 1 nitrogen and oxygen atoms in total. The molecular formula is C11H13BrFN. The first-order valence-corrected chi connectivity index (χ1v) is 5.64. The monoisotopic (exact) mass is 257 g/mol. The minimum Gasteiger partial charge on any atom is -0.309 e. The predicted octanol–water partition coefficient (Wildman–Crippen LogP) is 3.09. The minimum absolute atomic E-state index is 0.139. The molecule has 1 aromatic rings. The smallest absolute Gasteiger partial charge is 0.128 e. The standard InChI is InChI=1S/C11H13BrFN/c1-7-5-11(7)14-6-8-9(12)3-2-4-10(8)13/h2-4,7,11,14H,5-6H2,1H3/t7-,11-/m1/s1. The summed E-state index contributed by atoms with van der Waals surface area (Å²) < 4.78 is 14.2. The summed E-state index contributed by atoms with van der Waals surface area (Å²) in [6.07, 6.45) is 1.21. The Labute approximate surface area is 91.8 Å². The van der Waals surface area contributed by atoms with Crippen LogP contribution in [0.2, 0.25) is 0 Å². The van der Waals surface area contributed by atoms with Crippen LogP contribution in [0, 0.1) is 11.7 Å². The SMILES string of the molecule is C[C@@H]1C[C@H]1NCc1c(F)cccc1Br. The highest BCUT2D eigenvalue weighted by Crippen LogP contribution is 2.30. The van der Waals surface area contributed by atoms with E-state index in [-0.39, 0.29) is 5.82 Å². The Kier molecular flexibility index (Phi) is 2.88. The van der Waals surface area contributed by atoms with E-state index in [0.29, 0.717) is 12.6 Å². The van der Waals surface area contributed by atoms with Gasteiger partial charge in [-0.1, -0.05) is 28.9 Å². The van der Waals surface area contributed by atoms with Crippen molar-refractivity contribution in [3.63, 3.8) is 0 Å². The fraction of sp³-hybridized carbons (Fsp3) is 0.455. The van der Waals surface area contributed by atoms with Gasteiger partial charge in [-0.25, -0.2) is 4.39 Å². The first-order chi connectivity index (χ1) is 6.68. The molecule has 1 aliphatic carbocycles. The average Bonchev–Trinajstić information content (AvgIpc) is 2.81. The first-order valence-electron chi connectivity index (χ1n) is 4.84. The van der Waals surface area contributed by atoms with E-state index < -0.39 is 0 Å². The van der Waals surface area contributed by atoms with Crippen LogP contribution in [0.3, 0.4) is 0 Å². The largest absolute Gasteiger partial charge is 0.309 e. The lowest BCUT2D eigenvalue weighted by Crippen LogP contribution is -2.18. The molecule has 0 amide bonds. The van der Waals surface area contributed by atoms with Crippen molar-refractivity contribution < 1.29 is 4.39 Å². The number of benzene rings is 1. The van der Waals surface area contributed by atoms with Crippen molar-refractivity contribution in [1.82, 2.24) is 5.32 Å². The van der Waals surface area contributed by atoms with Crippen molar-refractivity contribution in [2.45, 2.75) is 25.9 Å². The van der Waals surface area contributed by atoms with Crippen molar-refractivity contribution in [3.8, 4) is 0 Å². The zero-order valence-electron chi connectivity index (χ0n) is 8.06. The molecule has 0 aliphatic heterocycles. The summed E-state index contributed by atoms with van der Waals surface area (Å²) in [5.41, 5.74) is 0.728. The minimum atomic E-state index is -0.139. The second-order valence-electron chi connectivity index (χ2n) is 3.90. The van der Waals surface area contributed by atoms with Crippen LogP contribution in [0.15, 0.2) is 22.7 Å². The third kappa shape index (κ3) is 2.15. The quantitative estimate of drug-likeness (QED) is 0.878. The van der Waals surface area contributed by atoms with Crippen molar-refractivity contribution in [1.29, 1.82) is 0 Å². The summed E-state index contributed by atoms with van der Waals surface area (Å²) in [4.78, 5) is 0. The van der Waals surface area contributed by atoms with Crippen LogP contribution in [-0.4, -0.2) is 6.04 Å². The van der Waals surface area contributed by atoms with E-state index in [0.717, 1.165) is 16.0 Å². The lowest BCUT2D eigenvalue weighted by atomic mass is 10.2. The van der Waals surface area contributed by atoms with Crippen LogP contribution in [-0.2, 0) is 6.54 Å². The van der Waals surface area contributed by atoms with Crippen molar-refractivity contribution in [3.05, 3.63) is 34.1 Å². The van der Waals surface area contributed by atoms with Crippen molar-refractivity contribution in [2.24, 2.45) is 5.92 Å². The van der Waals surface area contributed by atoms with Gasteiger partial charge >= 0.3 is 0 Å². The maximum Gasteiger partial charge on any atom is 0.128 e. The molecule has 0 aromatic heterocycles. The van der Waals surface area contributed by atoms with Crippen LogP contribution >= 0.6 is 15.9 Å². The van der Waals surface area contributed by atoms with Gasteiger partial charge in [-0.2, -0.15) is 0 Å². The Hall–Kier alpha value is -0.410. The lowest BCUT2D eigenvalue weighted by molar-refractivity contribution is 0.578. The van der Waals surface area contributed by atoms with Crippen LogP contribution < -0.4 is 5.32 Å². The molecule has 1 saturated carbocycles. The maximum atomic E-state index is 13.3. The Bertz CT molecular complexity index is 320. The van der Waals surface area contributed by atoms with Crippen LogP contribution in [0.4, 0.5) is 4.39 Å². The summed E-state index contributed by atoms with van der Waals surface area (Å²) in [6, 6.07) is 5.67. The fourth-order valence-corrected chi connectivity index (χ4v) is 2.02. The number of hydrogen-bond donors (Lipinski definition) is 1. The molecule has 0 heterocycles. The second-order valence-corrected chi connectivity index (χ2v) is 4.75. The zero-order chi connectivity index (χ0) is 10.1. The third-order valence-electron chi connectivity index (χ3n) is 2.71. The molecule has 1 aliphatic rings. The molecule has 1 aromatic carbocycles. The Morgan fingerprint density at radius 3 is 2.86 bits per heavy atom. The Morgan fingerprint density at radius 2 is 2.29 bits per heavy atom. The second kappa shape index (κ2) is 3.99. The summed E-state index contributed by atoms with van der Waals surface area (Å²) in [5.74, 6) is 0.612. The molecule has 0 saturated heterocycles. The highest BCUT2D eigenvalue weighted by Gasteiger charge is 2.31. The normalized spacial score (nSPS) is 25.1. The van der Waals surface area contributed by atoms with Gasteiger partial charge in [-0.05, 0) is 24.5 Å². The van der Waals surface area contributed by atoms with E-state index in [1.165, 1.54) is 12.5 Å². The average molecular weight is 258 g/mol. The third-order valence-corrected chi connectivity index (χ3v) is 3.46. The maximum absolute atomic E-state index is 13.3. The topological polar surface area (TPSA) is 12.0 Å². The molecule has 14 heavy (non-hydrogen) atoms. The highest BCUT2D eigenvalue weighted by atomic mass is 79.9. The van der Waals surface area contributed by atoms with Crippen molar-refractivity contribution >= 4 is 15.9 Å². The van der Waals surface area contributed by atoms with Crippen molar-refractivity contribution in [2.75, 3.05) is 0 Å². The molecule has 76 valence electrons. The fourth-order valence-electron chi connectivity index (χ4n) is 1.54. The molecule has 1 N–H and O–H groups in total. The van der Waals surface area contributed by atoms with E-state index in [1.54, 1.807) is 6.07 Å². The molecule has 3 heteroatoms. The van der Waals surface area contributed by atoms with Gasteiger partial charge in [0, 0.05) is 22.6 Å². The van der Waals surface area contributed by atoms with Crippen LogP contribution in [0.1, 0.15) is 18.9 Å². The highest BCUT2D eigenvalue weighted by molar-refractivity contribution is 9.10. The van der Waals surface area contributed by atoms with Gasteiger partial charge in [0.05, 0.1) is 0 Å². The molecule has 0 radical (unpaired) electrons. The van der Waals surface area contributed by atoms with E-state index in [1.807, 2.05) is 6.07 Å². The molecule has 2 rings (SSSR count). The summed E-state index contributed by atoms with van der Waals surface area (Å²) >= 11 is 3.35. The molecule has 0 bridgehead atoms. The van der Waals surface area contributed by atoms with E-state index >= 15 is 0 Å². The Balaban J connectivity index is 2.01. The molecular weight excluding hydrogens is 245 g/mol. The van der Waals surface area contributed by atoms with Gasteiger partial charge in [0.25, 0.3) is 0 Å². The molecule has 2 atom stereocenters.